The van der Waals surface area contributed by atoms with Crippen molar-refractivity contribution in [2.24, 2.45) is 0 Å². The van der Waals surface area contributed by atoms with Crippen LogP contribution in [0.1, 0.15) is 5.56 Å². The van der Waals surface area contributed by atoms with Crippen molar-refractivity contribution in [2.75, 3.05) is 11.1 Å². The number of amides is 1. The summed E-state index contributed by atoms with van der Waals surface area (Å²) in [5.41, 5.74) is 2.55. The molecule has 1 N–H and O–H groups in total. The molecular weight excluding hydrogens is 411 g/mol. The fourth-order valence-corrected chi connectivity index (χ4v) is 3.94. The Kier molecular flexibility index (Phi) is 5.92. The molecule has 0 radical (unpaired) electrons. The van der Waals surface area contributed by atoms with Crippen LogP contribution in [0.15, 0.2) is 65.1 Å². The fourth-order valence-electron chi connectivity index (χ4n) is 2.53. The van der Waals surface area contributed by atoms with Gasteiger partial charge in [0.05, 0.1) is 18.0 Å². The molecule has 0 saturated heterocycles. The van der Waals surface area contributed by atoms with Gasteiger partial charge in [-0.1, -0.05) is 42.1 Å². The Morgan fingerprint density at radius 1 is 1.14 bits per heavy atom. The van der Waals surface area contributed by atoms with Crippen molar-refractivity contribution >= 4 is 34.1 Å². The molecule has 2 aromatic carbocycles. The van der Waals surface area contributed by atoms with Gasteiger partial charge in [-0.25, -0.2) is 14.1 Å². The van der Waals surface area contributed by atoms with E-state index in [9.17, 15) is 9.18 Å². The molecule has 29 heavy (non-hydrogen) atoms. The number of hydrogen-bond acceptors (Lipinski definition) is 7. The Morgan fingerprint density at radius 2 is 1.93 bits per heavy atom. The van der Waals surface area contributed by atoms with Gasteiger partial charge in [-0.05, 0) is 40.3 Å². The van der Waals surface area contributed by atoms with Gasteiger partial charge in [0.15, 0.2) is 5.13 Å². The van der Waals surface area contributed by atoms with E-state index in [0.29, 0.717) is 22.5 Å². The molecule has 0 aliphatic carbocycles. The van der Waals surface area contributed by atoms with Crippen LogP contribution in [0.5, 0.6) is 0 Å². The lowest BCUT2D eigenvalue weighted by molar-refractivity contribution is -0.113. The number of tetrazole rings is 1. The number of carbonyl (C=O) groups excluding carboxylic acids is 1. The molecule has 0 spiro atoms. The van der Waals surface area contributed by atoms with Crippen molar-refractivity contribution in [2.45, 2.75) is 11.7 Å². The lowest BCUT2D eigenvalue weighted by Gasteiger charge is -2.04. The highest BCUT2D eigenvalue weighted by Gasteiger charge is 2.12. The summed E-state index contributed by atoms with van der Waals surface area (Å²) in [5, 5.41) is 17.3. The summed E-state index contributed by atoms with van der Waals surface area (Å²) >= 11 is 2.57. The van der Waals surface area contributed by atoms with Gasteiger partial charge in [-0.15, -0.1) is 16.4 Å². The number of halogens is 1. The van der Waals surface area contributed by atoms with Crippen LogP contribution in [0.2, 0.25) is 0 Å². The van der Waals surface area contributed by atoms with E-state index in [2.05, 4.69) is 25.8 Å². The van der Waals surface area contributed by atoms with Gasteiger partial charge < -0.3 is 5.32 Å². The van der Waals surface area contributed by atoms with Gasteiger partial charge in [0, 0.05) is 10.9 Å². The normalized spacial score (nSPS) is 10.8. The summed E-state index contributed by atoms with van der Waals surface area (Å²) in [4.78, 5) is 16.7. The minimum Gasteiger partial charge on any atom is -0.301 e. The summed E-state index contributed by atoms with van der Waals surface area (Å²) in [7, 11) is 0. The maximum atomic E-state index is 13.0. The third-order valence-electron chi connectivity index (χ3n) is 3.90. The highest BCUT2D eigenvalue weighted by atomic mass is 32.2. The standard InChI is InChI=1S/C19H15FN6OS2/c20-15-8-6-14(7-9-15)16-11-28-18(21-16)22-17(27)12-29-19-23-24-25-26(19)10-13-4-2-1-3-5-13/h1-9,11H,10,12H2,(H,21,22,27). The number of aromatic nitrogens is 5. The van der Waals surface area contributed by atoms with Gasteiger partial charge in [0.2, 0.25) is 11.1 Å². The Balaban J connectivity index is 1.33. The van der Waals surface area contributed by atoms with E-state index in [4.69, 9.17) is 0 Å². The first-order valence-corrected chi connectivity index (χ1v) is 10.5. The molecule has 2 heterocycles. The molecule has 4 aromatic rings. The Morgan fingerprint density at radius 3 is 2.72 bits per heavy atom. The van der Waals surface area contributed by atoms with E-state index in [0.717, 1.165) is 11.1 Å². The topological polar surface area (TPSA) is 85.6 Å². The van der Waals surface area contributed by atoms with Crippen molar-refractivity contribution < 1.29 is 9.18 Å². The second-order valence-electron chi connectivity index (χ2n) is 5.99. The quantitative estimate of drug-likeness (QED) is 0.454. The molecule has 7 nitrogen and oxygen atoms in total. The molecule has 2 aromatic heterocycles. The molecule has 0 bridgehead atoms. The largest absolute Gasteiger partial charge is 0.301 e. The first-order valence-electron chi connectivity index (χ1n) is 8.61. The van der Waals surface area contributed by atoms with Crippen molar-refractivity contribution in [1.29, 1.82) is 0 Å². The third kappa shape index (κ3) is 5.04. The van der Waals surface area contributed by atoms with Crippen LogP contribution >= 0.6 is 23.1 Å². The Bertz CT molecular complexity index is 1100. The van der Waals surface area contributed by atoms with E-state index in [-0.39, 0.29) is 17.5 Å². The number of hydrogen-bond donors (Lipinski definition) is 1. The lowest BCUT2D eigenvalue weighted by atomic mass is 10.2. The van der Waals surface area contributed by atoms with Crippen LogP contribution in [0.25, 0.3) is 11.3 Å². The molecular formula is C19H15FN6OS2. The maximum Gasteiger partial charge on any atom is 0.236 e. The predicted molar refractivity (Wildman–Crippen MR) is 110 cm³/mol. The molecule has 0 aliphatic rings. The zero-order valence-electron chi connectivity index (χ0n) is 15.0. The number of thiazole rings is 1. The van der Waals surface area contributed by atoms with Gasteiger partial charge in [0.25, 0.3) is 0 Å². The second-order valence-corrected chi connectivity index (χ2v) is 7.79. The highest BCUT2D eigenvalue weighted by Crippen LogP contribution is 2.25. The van der Waals surface area contributed by atoms with Crippen molar-refractivity contribution in [3.8, 4) is 11.3 Å². The Labute approximate surface area is 174 Å². The molecule has 0 unspecified atom stereocenters. The summed E-state index contributed by atoms with van der Waals surface area (Å²) in [5.74, 6) is -0.353. The average molecular weight is 427 g/mol. The van der Waals surface area contributed by atoms with Crippen LogP contribution < -0.4 is 5.32 Å². The SMILES string of the molecule is O=C(CSc1nnnn1Cc1ccccc1)Nc1nc(-c2ccc(F)cc2)cs1. The highest BCUT2D eigenvalue weighted by molar-refractivity contribution is 7.99. The summed E-state index contributed by atoms with van der Waals surface area (Å²) < 4.78 is 14.7. The first kappa shape index (κ1) is 19.2. The average Bonchev–Trinajstić information content (AvgIpc) is 3.37. The smallest absolute Gasteiger partial charge is 0.236 e. The van der Waals surface area contributed by atoms with Crippen molar-refractivity contribution in [3.05, 3.63) is 71.4 Å². The van der Waals surface area contributed by atoms with Gasteiger partial charge in [0.1, 0.15) is 5.82 Å². The molecule has 4 rings (SSSR count). The zero-order valence-corrected chi connectivity index (χ0v) is 16.7. The van der Waals surface area contributed by atoms with Gasteiger partial charge in [-0.2, -0.15) is 0 Å². The second kappa shape index (κ2) is 8.93. The van der Waals surface area contributed by atoms with Gasteiger partial charge in [-0.3, -0.25) is 4.79 Å². The molecule has 1 amide bonds. The van der Waals surface area contributed by atoms with E-state index < -0.39 is 0 Å². The molecule has 0 atom stereocenters. The summed E-state index contributed by atoms with van der Waals surface area (Å²) in [6, 6.07) is 15.9. The number of anilines is 1. The number of thioether (sulfide) groups is 1. The van der Waals surface area contributed by atoms with Crippen LogP contribution in [0.3, 0.4) is 0 Å². The van der Waals surface area contributed by atoms with Gasteiger partial charge >= 0.3 is 0 Å². The first-order chi connectivity index (χ1) is 14.2. The summed E-state index contributed by atoms with van der Waals surface area (Å²) in [6.07, 6.45) is 0. The monoisotopic (exact) mass is 426 g/mol. The van der Waals surface area contributed by atoms with E-state index in [1.165, 1.54) is 35.2 Å². The minimum absolute atomic E-state index is 0.153. The summed E-state index contributed by atoms with van der Waals surface area (Å²) in [6.45, 7) is 0.533. The fraction of sp³-hybridized carbons (Fsp3) is 0.105. The molecule has 0 fully saturated rings. The minimum atomic E-state index is -0.302. The number of nitrogens with one attached hydrogen (secondary N) is 1. The molecule has 10 heteroatoms. The molecule has 0 saturated carbocycles. The van der Waals surface area contributed by atoms with E-state index >= 15 is 0 Å². The number of rotatable bonds is 7. The van der Waals surface area contributed by atoms with Crippen LogP contribution in [-0.4, -0.2) is 36.9 Å². The van der Waals surface area contributed by atoms with E-state index in [1.54, 1.807) is 16.8 Å². The number of benzene rings is 2. The Hall–Kier alpha value is -3.11. The maximum absolute atomic E-state index is 13.0. The zero-order chi connectivity index (χ0) is 20.1. The van der Waals surface area contributed by atoms with E-state index in [1.807, 2.05) is 35.7 Å². The number of nitrogens with zero attached hydrogens (tertiary/aromatic N) is 5. The van der Waals surface area contributed by atoms with Crippen LogP contribution in [0, 0.1) is 5.82 Å². The predicted octanol–water partition coefficient (Wildman–Crippen LogP) is 3.71. The molecule has 0 aliphatic heterocycles. The lowest BCUT2D eigenvalue weighted by Crippen LogP contribution is -2.14. The number of carbonyl (C=O) groups is 1. The third-order valence-corrected chi connectivity index (χ3v) is 5.61. The van der Waals surface area contributed by atoms with Crippen LogP contribution in [0.4, 0.5) is 9.52 Å². The van der Waals surface area contributed by atoms with Crippen LogP contribution in [-0.2, 0) is 11.3 Å². The molecule has 146 valence electrons. The van der Waals surface area contributed by atoms with Crippen molar-refractivity contribution in [3.63, 3.8) is 0 Å². The van der Waals surface area contributed by atoms with Crippen molar-refractivity contribution in [1.82, 2.24) is 25.2 Å².